The van der Waals surface area contributed by atoms with Gasteiger partial charge in [0.25, 0.3) is 5.56 Å². The number of hydrogen-bond donors (Lipinski definition) is 1. The Morgan fingerprint density at radius 2 is 1.75 bits per heavy atom. The molecular formula is C23H21F3N4O2. The van der Waals surface area contributed by atoms with Crippen LogP contribution in [0.15, 0.2) is 41.2 Å². The number of fused-ring (bicyclic) bond motifs is 1. The summed E-state index contributed by atoms with van der Waals surface area (Å²) in [5.41, 5.74) is 2.18. The van der Waals surface area contributed by atoms with Crippen LogP contribution >= 0.6 is 0 Å². The molecule has 166 valence electrons. The topological polar surface area (TPSA) is 74.2 Å². The summed E-state index contributed by atoms with van der Waals surface area (Å²) < 4.78 is 43.7. The van der Waals surface area contributed by atoms with E-state index in [-0.39, 0.29) is 37.4 Å². The molecule has 0 saturated heterocycles. The third-order valence-corrected chi connectivity index (χ3v) is 5.64. The van der Waals surface area contributed by atoms with E-state index >= 15 is 0 Å². The number of aliphatic hydroxyl groups is 1. The predicted octanol–water partition coefficient (Wildman–Crippen LogP) is 2.54. The average molecular weight is 442 g/mol. The van der Waals surface area contributed by atoms with E-state index in [9.17, 15) is 28.3 Å². The smallest absolute Gasteiger partial charge is 0.271 e. The van der Waals surface area contributed by atoms with Crippen LogP contribution in [0.1, 0.15) is 27.9 Å². The van der Waals surface area contributed by atoms with Gasteiger partial charge >= 0.3 is 0 Å². The molecule has 1 aliphatic rings. The quantitative estimate of drug-likeness (QED) is 0.637. The van der Waals surface area contributed by atoms with E-state index in [0.29, 0.717) is 36.2 Å². The van der Waals surface area contributed by atoms with E-state index in [0.717, 1.165) is 17.8 Å². The summed E-state index contributed by atoms with van der Waals surface area (Å²) in [4.78, 5) is 15.2. The summed E-state index contributed by atoms with van der Waals surface area (Å²) in [5, 5.41) is 18.9. The van der Waals surface area contributed by atoms with Gasteiger partial charge in [-0.2, -0.15) is 5.26 Å². The number of rotatable bonds is 6. The highest BCUT2D eigenvalue weighted by atomic mass is 19.1. The van der Waals surface area contributed by atoms with Gasteiger partial charge < -0.3 is 5.11 Å². The normalized spacial score (nSPS) is 13.7. The maximum atomic E-state index is 13.5. The molecule has 1 aromatic heterocycles. The van der Waals surface area contributed by atoms with Crippen molar-refractivity contribution >= 4 is 0 Å². The first-order valence-electron chi connectivity index (χ1n) is 10.2. The molecule has 0 fully saturated rings. The van der Waals surface area contributed by atoms with Crippen molar-refractivity contribution in [3.63, 3.8) is 0 Å². The molecule has 4 rings (SSSR count). The Balaban J connectivity index is 1.66. The van der Waals surface area contributed by atoms with Gasteiger partial charge in [0, 0.05) is 37.8 Å². The Morgan fingerprint density at radius 3 is 2.44 bits per heavy atom. The number of halogens is 3. The monoisotopic (exact) mass is 442 g/mol. The lowest BCUT2D eigenvalue weighted by Crippen LogP contribution is -2.32. The minimum absolute atomic E-state index is 0.0596. The van der Waals surface area contributed by atoms with E-state index in [1.165, 1.54) is 28.9 Å². The summed E-state index contributed by atoms with van der Waals surface area (Å²) >= 11 is 0. The van der Waals surface area contributed by atoms with Crippen LogP contribution < -0.4 is 5.56 Å². The molecule has 1 aliphatic heterocycles. The first-order chi connectivity index (χ1) is 15.4. The fourth-order valence-electron chi connectivity index (χ4n) is 4.25. The molecule has 0 radical (unpaired) electrons. The molecule has 3 aromatic rings. The highest BCUT2D eigenvalue weighted by molar-refractivity contribution is 5.38. The molecule has 32 heavy (non-hydrogen) atoms. The fraction of sp³-hybridized carbons (Fsp3) is 0.304. The van der Waals surface area contributed by atoms with Crippen LogP contribution in [0.5, 0.6) is 0 Å². The van der Waals surface area contributed by atoms with Crippen molar-refractivity contribution in [1.82, 2.24) is 14.3 Å². The van der Waals surface area contributed by atoms with Gasteiger partial charge in [0.1, 0.15) is 17.5 Å². The van der Waals surface area contributed by atoms with E-state index in [4.69, 9.17) is 0 Å². The van der Waals surface area contributed by atoms with Crippen LogP contribution in [0.3, 0.4) is 0 Å². The number of hydrogen-bond acceptors (Lipinski definition) is 4. The Labute approximate surface area is 182 Å². The molecule has 6 nitrogen and oxygen atoms in total. The summed E-state index contributed by atoms with van der Waals surface area (Å²) in [6.45, 7) is 1.22. The van der Waals surface area contributed by atoms with Gasteiger partial charge in [-0.15, -0.1) is 0 Å². The van der Waals surface area contributed by atoms with Crippen molar-refractivity contribution in [3.8, 4) is 6.07 Å². The molecule has 0 saturated carbocycles. The molecule has 2 aromatic carbocycles. The zero-order chi connectivity index (χ0) is 22.8. The number of aliphatic hydroxyl groups excluding tert-OH is 1. The Morgan fingerprint density at radius 1 is 1.00 bits per heavy atom. The van der Waals surface area contributed by atoms with Crippen LogP contribution in [-0.2, 0) is 32.6 Å². The number of nitrogens with zero attached hydrogens (tertiary/aromatic N) is 4. The molecular weight excluding hydrogens is 421 g/mol. The fourth-order valence-corrected chi connectivity index (χ4v) is 4.25. The maximum absolute atomic E-state index is 13.5. The SMILES string of the molecule is N#Cc1cc(F)ccc1Cn1c(=O)c2c(n1CCO)CCN(Cc1cc(F)cc(F)c1)C2. The van der Waals surface area contributed by atoms with Crippen molar-refractivity contribution in [3.05, 3.63) is 92.2 Å². The third kappa shape index (κ3) is 4.33. The van der Waals surface area contributed by atoms with Crippen molar-refractivity contribution in [2.24, 2.45) is 0 Å². The second kappa shape index (κ2) is 9.02. The molecule has 1 N–H and O–H groups in total. The first kappa shape index (κ1) is 21.9. The van der Waals surface area contributed by atoms with Gasteiger partial charge in [-0.25, -0.2) is 17.9 Å². The Bertz CT molecular complexity index is 1240. The standard InChI is InChI=1S/C23H21F3N4O2/c24-18-2-1-16(17(9-18)11-27)13-30-23(32)21-14-28(4-3-22(21)29(30)5-6-31)12-15-7-19(25)10-20(26)8-15/h1-2,7-10,31H,3-6,12-14H2. The highest BCUT2D eigenvalue weighted by Crippen LogP contribution is 2.21. The van der Waals surface area contributed by atoms with E-state index in [2.05, 4.69) is 0 Å². The molecule has 9 heteroatoms. The van der Waals surface area contributed by atoms with Crippen LogP contribution in [0.2, 0.25) is 0 Å². The lowest BCUT2D eigenvalue weighted by molar-refractivity contribution is 0.232. The number of nitriles is 1. The van der Waals surface area contributed by atoms with E-state index < -0.39 is 17.5 Å². The summed E-state index contributed by atoms with van der Waals surface area (Å²) in [5.74, 6) is -1.84. The molecule has 0 aliphatic carbocycles. The number of benzene rings is 2. The largest absolute Gasteiger partial charge is 0.394 e. The second-order valence-electron chi connectivity index (χ2n) is 7.79. The van der Waals surface area contributed by atoms with Gasteiger partial charge in [-0.1, -0.05) is 6.07 Å². The van der Waals surface area contributed by atoms with Gasteiger partial charge in [0.2, 0.25) is 0 Å². The molecule has 2 heterocycles. The molecule has 0 bridgehead atoms. The van der Waals surface area contributed by atoms with Crippen LogP contribution in [0.4, 0.5) is 13.2 Å². The van der Waals surface area contributed by atoms with E-state index in [1.54, 1.807) is 4.68 Å². The third-order valence-electron chi connectivity index (χ3n) is 5.64. The lowest BCUT2D eigenvalue weighted by Gasteiger charge is -2.27. The lowest BCUT2D eigenvalue weighted by atomic mass is 10.1. The van der Waals surface area contributed by atoms with Gasteiger partial charge in [0.05, 0.1) is 36.9 Å². The molecule has 0 spiro atoms. The van der Waals surface area contributed by atoms with Crippen LogP contribution in [0, 0.1) is 28.8 Å². The predicted molar refractivity (Wildman–Crippen MR) is 110 cm³/mol. The van der Waals surface area contributed by atoms with Gasteiger partial charge in [-0.3, -0.25) is 14.4 Å². The van der Waals surface area contributed by atoms with Crippen molar-refractivity contribution < 1.29 is 18.3 Å². The summed E-state index contributed by atoms with van der Waals surface area (Å²) in [6, 6.07) is 9.14. The van der Waals surface area contributed by atoms with Gasteiger partial charge in [0.15, 0.2) is 0 Å². The summed E-state index contributed by atoms with van der Waals surface area (Å²) in [6.07, 6.45) is 0.518. The summed E-state index contributed by atoms with van der Waals surface area (Å²) in [7, 11) is 0. The minimum Gasteiger partial charge on any atom is -0.394 e. The second-order valence-corrected chi connectivity index (χ2v) is 7.79. The Kier molecular flexibility index (Phi) is 6.17. The van der Waals surface area contributed by atoms with Crippen LogP contribution in [-0.4, -0.2) is 32.5 Å². The van der Waals surface area contributed by atoms with E-state index in [1.807, 2.05) is 11.0 Å². The average Bonchev–Trinajstić information content (AvgIpc) is 3.00. The highest BCUT2D eigenvalue weighted by Gasteiger charge is 2.26. The van der Waals surface area contributed by atoms with Crippen molar-refractivity contribution in [1.29, 1.82) is 5.26 Å². The van der Waals surface area contributed by atoms with Gasteiger partial charge in [-0.05, 0) is 35.4 Å². The minimum atomic E-state index is -0.651. The molecule has 0 amide bonds. The zero-order valence-electron chi connectivity index (χ0n) is 17.2. The zero-order valence-corrected chi connectivity index (χ0v) is 17.2. The Hall–Kier alpha value is -3.35. The maximum Gasteiger partial charge on any atom is 0.271 e. The molecule has 0 atom stereocenters. The number of aromatic nitrogens is 2. The van der Waals surface area contributed by atoms with Crippen molar-refractivity contribution in [2.45, 2.75) is 32.6 Å². The molecule has 0 unspecified atom stereocenters. The first-order valence-corrected chi connectivity index (χ1v) is 10.2. The van der Waals surface area contributed by atoms with Crippen molar-refractivity contribution in [2.75, 3.05) is 13.2 Å². The van der Waals surface area contributed by atoms with Crippen LogP contribution in [0.25, 0.3) is 0 Å².